The van der Waals surface area contributed by atoms with E-state index in [-0.39, 0.29) is 5.38 Å². The predicted octanol–water partition coefficient (Wildman–Crippen LogP) is 5.19. The van der Waals surface area contributed by atoms with Crippen molar-refractivity contribution >= 4 is 11.6 Å². The van der Waals surface area contributed by atoms with Gasteiger partial charge in [0, 0.05) is 11.4 Å². The zero-order valence-electron chi connectivity index (χ0n) is 11.5. The Kier molecular flexibility index (Phi) is 4.83. The molecular formula is C16H21ClF2. The van der Waals surface area contributed by atoms with Crippen LogP contribution < -0.4 is 0 Å². The minimum absolute atomic E-state index is 0.111. The average molecular weight is 287 g/mol. The normalized spacial score (nSPS) is 27.8. The molecule has 1 aliphatic carbocycles. The molecule has 3 atom stereocenters. The van der Waals surface area contributed by atoms with Gasteiger partial charge >= 0.3 is 0 Å². The van der Waals surface area contributed by atoms with Gasteiger partial charge in [-0.2, -0.15) is 0 Å². The summed E-state index contributed by atoms with van der Waals surface area (Å²) in [5.74, 6) is 0.638. The highest BCUT2D eigenvalue weighted by atomic mass is 35.5. The summed E-state index contributed by atoms with van der Waals surface area (Å²) in [4.78, 5) is 0. The van der Waals surface area contributed by atoms with Crippen molar-refractivity contribution in [2.24, 2.45) is 17.8 Å². The lowest BCUT2D eigenvalue weighted by Gasteiger charge is -2.35. The molecule has 0 saturated heterocycles. The summed E-state index contributed by atoms with van der Waals surface area (Å²) >= 11 is 6.39. The fourth-order valence-electron chi connectivity index (χ4n) is 3.05. The lowest BCUT2D eigenvalue weighted by Crippen LogP contribution is -2.29. The van der Waals surface area contributed by atoms with E-state index in [1.807, 2.05) is 0 Å². The van der Waals surface area contributed by atoms with Crippen LogP contribution in [0, 0.1) is 29.4 Å². The number of halogens is 3. The largest absolute Gasteiger partial charge is 0.207 e. The number of alkyl halides is 1. The van der Waals surface area contributed by atoms with Gasteiger partial charge in [0.25, 0.3) is 0 Å². The topological polar surface area (TPSA) is 0 Å². The molecule has 0 spiro atoms. The second-order valence-corrected chi connectivity index (χ2v) is 6.59. The molecule has 0 radical (unpaired) electrons. The Balaban J connectivity index is 2.07. The van der Waals surface area contributed by atoms with Gasteiger partial charge in [0.1, 0.15) is 11.6 Å². The van der Waals surface area contributed by atoms with Crippen molar-refractivity contribution in [3.8, 4) is 0 Å². The first-order chi connectivity index (χ1) is 8.97. The van der Waals surface area contributed by atoms with E-state index in [1.165, 1.54) is 6.07 Å². The van der Waals surface area contributed by atoms with Gasteiger partial charge < -0.3 is 0 Å². The van der Waals surface area contributed by atoms with Crippen LogP contribution in [0.1, 0.15) is 38.7 Å². The molecule has 0 N–H and O–H groups in total. The Morgan fingerprint density at radius 2 is 2.00 bits per heavy atom. The second kappa shape index (κ2) is 6.21. The maximum atomic E-state index is 13.7. The van der Waals surface area contributed by atoms with Gasteiger partial charge in [-0.1, -0.05) is 19.9 Å². The summed E-state index contributed by atoms with van der Waals surface area (Å²) in [6.07, 6.45) is 3.82. The van der Waals surface area contributed by atoms with E-state index in [1.54, 1.807) is 6.07 Å². The monoisotopic (exact) mass is 286 g/mol. The highest BCUT2D eigenvalue weighted by Gasteiger charge is 2.31. The van der Waals surface area contributed by atoms with Crippen LogP contribution >= 0.6 is 11.6 Å². The van der Waals surface area contributed by atoms with Crippen LogP contribution in [-0.2, 0) is 6.42 Å². The van der Waals surface area contributed by atoms with E-state index in [2.05, 4.69) is 13.8 Å². The van der Waals surface area contributed by atoms with Crippen molar-refractivity contribution < 1.29 is 8.78 Å². The van der Waals surface area contributed by atoms with Gasteiger partial charge in [-0.3, -0.25) is 0 Å². The third-order valence-electron chi connectivity index (χ3n) is 4.37. The first kappa shape index (κ1) is 14.8. The number of hydrogen-bond acceptors (Lipinski definition) is 0. The summed E-state index contributed by atoms with van der Waals surface area (Å²) in [6.45, 7) is 4.46. The zero-order valence-corrected chi connectivity index (χ0v) is 12.3. The summed E-state index contributed by atoms with van der Waals surface area (Å²) in [7, 11) is 0. The van der Waals surface area contributed by atoms with Crippen LogP contribution in [0.3, 0.4) is 0 Å². The molecule has 0 aliphatic heterocycles. The molecule has 1 aliphatic rings. The molecule has 0 nitrogen and oxygen atoms in total. The van der Waals surface area contributed by atoms with Gasteiger partial charge in [0.05, 0.1) is 0 Å². The van der Waals surface area contributed by atoms with Gasteiger partial charge in [-0.15, -0.1) is 11.6 Å². The summed E-state index contributed by atoms with van der Waals surface area (Å²) in [5.41, 5.74) is 0.585. The van der Waals surface area contributed by atoms with Crippen molar-refractivity contribution in [1.29, 1.82) is 0 Å². The fraction of sp³-hybridized carbons (Fsp3) is 0.625. The van der Waals surface area contributed by atoms with Gasteiger partial charge in [-0.25, -0.2) is 8.78 Å². The fourth-order valence-corrected chi connectivity index (χ4v) is 3.37. The summed E-state index contributed by atoms with van der Waals surface area (Å²) in [5, 5.41) is 0.111. The summed E-state index contributed by atoms with van der Waals surface area (Å²) in [6, 6.07) is 3.83. The highest BCUT2D eigenvalue weighted by molar-refractivity contribution is 6.20. The molecular weight excluding hydrogens is 266 g/mol. The molecule has 0 aromatic heterocycles. The predicted molar refractivity (Wildman–Crippen MR) is 75.4 cm³/mol. The minimum atomic E-state index is -0.521. The highest BCUT2D eigenvalue weighted by Crippen LogP contribution is 2.38. The molecule has 106 valence electrons. The number of rotatable bonds is 3. The third kappa shape index (κ3) is 3.68. The summed E-state index contributed by atoms with van der Waals surface area (Å²) < 4.78 is 26.6. The molecule has 1 aromatic rings. The average Bonchev–Trinajstić information content (AvgIpc) is 2.34. The van der Waals surface area contributed by atoms with E-state index in [9.17, 15) is 8.78 Å². The van der Waals surface area contributed by atoms with Crippen molar-refractivity contribution in [3.63, 3.8) is 0 Å². The van der Waals surface area contributed by atoms with Crippen LogP contribution in [0.5, 0.6) is 0 Å². The molecule has 0 heterocycles. The maximum Gasteiger partial charge on any atom is 0.129 e. The molecule has 1 fully saturated rings. The second-order valence-electron chi connectivity index (χ2n) is 6.03. The molecule has 0 amide bonds. The molecule has 2 rings (SSSR count). The van der Waals surface area contributed by atoms with Crippen molar-refractivity contribution in [2.75, 3.05) is 0 Å². The van der Waals surface area contributed by atoms with E-state index >= 15 is 0 Å². The zero-order chi connectivity index (χ0) is 14.0. The minimum Gasteiger partial charge on any atom is -0.207 e. The van der Waals surface area contributed by atoms with E-state index < -0.39 is 11.6 Å². The van der Waals surface area contributed by atoms with Gasteiger partial charge in [0.2, 0.25) is 0 Å². The van der Waals surface area contributed by atoms with Crippen LogP contribution in [0.2, 0.25) is 0 Å². The molecule has 0 bridgehead atoms. The third-order valence-corrected chi connectivity index (χ3v) is 4.94. The molecule has 1 saturated carbocycles. The van der Waals surface area contributed by atoms with Crippen molar-refractivity contribution in [1.82, 2.24) is 0 Å². The number of benzene rings is 1. The Hall–Kier alpha value is -0.630. The number of hydrogen-bond donors (Lipinski definition) is 0. The Morgan fingerprint density at radius 3 is 2.63 bits per heavy atom. The van der Waals surface area contributed by atoms with Gasteiger partial charge in [-0.05, 0) is 55.1 Å². The molecule has 3 heteroatoms. The lowest BCUT2D eigenvalue weighted by molar-refractivity contribution is 0.217. The molecule has 1 aromatic carbocycles. The lowest BCUT2D eigenvalue weighted by atomic mass is 9.74. The first-order valence-electron chi connectivity index (χ1n) is 7.05. The van der Waals surface area contributed by atoms with Crippen LogP contribution in [0.15, 0.2) is 18.2 Å². The Labute approximate surface area is 119 Å². The smallest absolute Gasteiger partial charge is 0.129 e. The van der Waals surface area contributed by atoms with Crippen LogP contribution in [0.4, 0.5) is 8.78 Å². The van der Waals surface area contributed by atoms with Crippen molar-refractivity contribution in [2.45, 2.75) is 44.9 Å². The Morgan fingerprint density at radius 1 is 1.26 bits per heavy atom. The van der Waals surface area contributed by atoms with E-state index in [0.717, 1.165) is 25.3 Å². The van der Waals surface area contributed by atoms with Gasteiger partial charge in [0.15, 0.2) is 0 Å². The Bertz CT molecular complexity index is 431. The van der Waals surface area contributed by atoms with Crippen molar-refractivity contribution in [3.05, 3.63) is 35.4 Å². The molecule has 19 heavy (non-hydrogen) atoms. The van der Waals surface area contributed by atoms with E-state index in [0.29, 0.717) is 29.7 Å². The standard InChI is InChI=1S/C16H21ClF2/c1-10(2)11-4-6-15(17)13(7-11)8-12-3-5-14(18)9-16(12)19/h3,5,9-11,13,15H,4,6-8H2,1-2H3. The van der Waals surface area contributed by atoms with E-state index in [4.69, 9.17) is 11.6 Å². The SMILES string of the molecule is CC(C)C1CCC(Cl)C(Cc2ccc(F)cc2F)C1. The van der Waals surface area contributed by atoms with Crippen LogP contribution in [0.25, 0.3) is 0 Å². The first-order valence-corrected chi connectivity index (χ1v) is 7.49. The molecule has 3 unspecified atom stereocenters. The van der Waals surface area contributed by atoms with Crippen LogP contribution in [-0.4, -0.2) is 5.38 Å². The maximum absolute atomic E-state index is 13.7. The quantitative estimate of drug-likeness (QED) is 0.671.